The molecule has 8 heteroatoms. The largest absolute Gasteiger partial charge is 0.433 e. The molecule has 0 radical (unpaired) electrons. The minimum absolute atomic E-state index is 0.0328. The Morgan fingerprint density at radius 2 is 2.22 bits per heavy atom. The molecule has 1 unspecified atom stereocenters. The first-order valence-electron chi connectivity index (χ1n) is 5.32. The van der Waals surface area contributed by atoms with Crippen LogP contribution >= 0.6 is 0 Å². The number of rotatable bonds is 4. The van der Waals surface area contributed by atoms with Crippen molar-refractivity contribution in [3.8, 4) is 5.75 Å². The molecule has 1 aromatic heterocycles. The predicted molar refractivity (Wildman–Crippen MR) is 61.6 cm³/mol. The zero-order valence-electron chi connectivity index (χ0n) is 9.34. The Bertz CT molecular complexity index is 504. The zero-order chi connectivity index (χ0) is 13.2. The lowest BCUT2D eigenvalue weighted by atomic mass is 10.2. The van der Waals surface area contributed by atoms with Crippen LogP contribution in [0.4, 0.5) is 14.6 Å². The molecular formula is C10H12F2N2O3S. The molecule has 5 nitrogen and oxygen atoms in total. The molecular weight excluding hydrogens is 266 g/mol. The van der Waals surface area contributed by atoms with Crippen molar-refractivity contribution in [2.24, 2.45) is 0 Å². The average Bonchev–Trinajstić information content (AvgIpc) is 2.60. The summed E-state index contributed by atoms with van der Waals surface area (Å²) in [4.78, 5) is 3.88. The van der Waals surface area contributed by atoms with Gasteiger partial charge in [-0.3, -0.25) is 0 Å². The fourth-order valence-electron chi connectivity index (χ4n) is 1.76. The summed E-state index contributed by atoms with van der Waals surface area (Å²) >= 11 is 0. The molecule has 0 aromatic carbocycles. The van der Waals surface area contributed by atoms with Crippen LogP contribution in [0.5, 0.6) is 5.75 Å². The number of sulfone groups is 1. The number of aromatic nitrogens is 1. The summed E-state index contributed by atoms with van der Waals surface area (Å²) in [6.07, 6.45) is 1.69. The van der Waals surface area contributed by atoms with Gasteiger partial charge < -0.3 is 10.1 Å². The lowest BCUT2D eigenvalue weighted by Gasteiger charge is -2.11. The van der Waals surface area contributed by atoms with Gasteiger partial charge in [-0.1, -0.05) is 0 Å². The summed E-state index contributed by atoms with van der Waals surface area (Å²) < 4.78 is 50.4. The van der Waals surface area contributed by atoms with Gasteiger partial charge in [0, 0.05) is 6.04 Å². The summed E-state index contributed by atoms with van der Waals surface area (Å²) in [7, 11) is -2.95. The Kier molecular flexibility index (Phi) is 3.65. The molecule has 0 amide bonds. The third-order valence-electron chi connectivity index (χ3n) is 2.55. The second-order valence-corrected chi connectivity index (χ2v) is 6.23. The van der Waals surface area contributed by atoms with Crippen molar-refractivity contribution in [1.82, 2.24) is 4.98 Å². The fourth-order valence-corrected chi connectivity index (χ4v) is 3.43. The Labute approximate surface area is 103 Å². The van der Waals surface area contributed by atoms with Crippen molar-refractivity contribution < 1.29 is 21.9 Å². The average molecular weight is 278 g/mol. The van der Waals surface area contributed by atoms with Crippen molar-refractivity contribution in [2.75, 3.05) is 16.8 Å². The van der Waals surface area contributed by atoms with Crippen LogP contribution in [-0.4, -0.2) is 37.6 Å². The highest BCUT2D eigenvalue weighted by atomic mass is 32.2. The first kappa shape index (κ1) is 13.0. The number of nitrogens with zero attached hydrogens (tertiary/aromatic N) is 1. The van der Waals surface area contributed by atoms with Crippen LogP contribution in [0.15, 0.2) is 18.3 Å². The molecule has 1 aliphatic heterocycles. The van der Waals surface area contributed by atoms with E-state index < -0.39 is 16.4 Å². The molecule has 1 atom stereocenters. The van der Waals surface area contributed by atoms with Crippen molar-refractivity contribution in [2.45, 2.75) is 19.1 Å². The van der Waals surface area contributed by atoms with Crippen LogP contribution in [0.1, 0.15) is 6.42 Å². The van der Waals surface area contributed by atoms with E-state index >= 15 is 0 Å². The van der Waals surface area contributed by atoms with Crippen LogP contribution in [-0.2, 0) is 9.84 Å². The van der Waals surface area contributed by atoms with Gasteiger partial charge in [-0.15, -0.1) is 0 Å². The summed E-state index contributed by atoms with van der Waals surface area (Å²) in [5, 5.41) is 2.94. The Hall–Kier alpha value is -1.44. The number of anilines is 1. The molecule has 1 N–H and O–H groups in total. The molecule has 0 bridgehead atoms. The molecule has 1 fully saturated rings. The molecule has 1 aromatic rings. The van der Waals surface area contributed by atoms with E-state index in [4.69, 9.17) is 0 Å². The topological polar surface area (TPSA) is 68.3 Å². The number of alkyl halides is 2. The second kappa shape index (κ2) is 5.05. The van der Waals surface area contributed by atoms with E-state index in [9.17, 15) is 17.2 Å². The van der Waals surface area contributed by atoms with Crippen molar-refractivity contribution in [1.29, 1.82) is 0 Å². The molecule has 0 aliphatic carbocycles. The third-order valence-corrected chi connectivity index (χ3v) is 4.31. The van der Waals surface area contributed by atoms with Gasteiger partial charge in [-0.25, -0.2) is 13.4 Å². The molecule has 0 spiro atoms. The minimum Gasteiger partial charge on any atom is -0.433 e. The van der Waals surface area contributed by atoms with Crippen molar-refractivity contribution in [3.05, 3.63) is 18.3 Å². The van der Waals surface area contributed by atoms with E-state index in [1.807, 2.05) is 0 Å². The predicted octanol–water partition coefficient (Wildman–Crippen LogP) is 1.28. The Morgan fingerprint density at radius 3 is 2.72 bits per heavy atom. The number of halogens is 2. The second-order valence-electron chi connectivity index (χ2n) is 4.00. The Balaban J connectivity index is 1.95. The number of hydrogen-bond acceptors (Lipinski definition) is 5. The van der Waals surface area contributed by atoms with E-state index in [-0.39, 0.29) is 23.3 Å². The summed E-state index contributed by atoms with van der Waals surface area (Å²) in [6, 6.07) is 2.65. The maximum absolute atomic E-state index is 11.9. The maximum Gasteiger partial charge on any atom is 0.387 e. The van der Waals surface area contributed by atoms with Gasteiger partial charge in [0.05, 0.1) is 17.7 Å². The van der Waals surface area contributed by atoms with Gasteiger partial charge in [0.25, 0.3) is 0 Å². The van der Waals surface area contributed by atoms with Gasteiger partial charge in [0.15, 0.2) is 9.84 Å². The molecule has 1 saturated heterocycles. The van der Waals surface area contributed by atoms with E-state index in [2.05, 4.69) is 15.0 Å². The number of ether oxygens (including phenoxy) is 1. The van der Waals surface area contributed by atoms with Gasteiger partial charge in [-0.05, 0) is 18.6 Å². The van der Waals surface area contributed by atoms with Gasteiger partial charge in [0.2, 0.25) is 0 Å². The summed E-state index contributed by atoms with van der Waals surface area (Å²) in [6.45, 7) is -2.88. The summed E-state index contributed by atoms with van der Waals surface area (Å²) in [5.41, 5.74) is 0. The van der Waals surface area contributed by atoms with E-state index in [1.165, 1.54) is 12.1 Å². The van der Waals surface area contributed by atoms with Crippen LogP contribution in [0.25, 0.3) is 0 Å². The molecule has 0 saturated carbocycles. The van der Waals surface area contributed by atoms with Crippen molar-refractivity contribution >= 4 is 15.7 Å². The first-order chi connectivity index (χ1) is 8.44. The van der Waals surface area contributed by atoms with Gasteiger partial charge in [-0.2, -0.15) is 8.78 Å². The standard InChI is InChI=1S/C10H12F2N2O3S/c11-10(12)17-8-1-2-9(13-5-8)14-7-3-4-18(15,16)6-7/h1-2,5,7,10H,3-4,6H2,(H,13,14). The van der Waals surface area contributed by atoms with Crippen LogP contribution in [0.3, 0.4) is 0 Å². The SMILES string of the molecule is O=S1(=O)CCC(Nc2ccc(OC(F)F)cn2)C1. The number of hydrogen-bond donors (Lipinski definition) is 1. The number of pyridine rings is 1. The van der Waals surface area contributed by atoms with Crippen molar-refractivity contribution in [3.63, 3.8) is 0 Å². The lowest BCUT2D eigenvalue weighted by Crippen LogP contribution is -2.21. The highest BCUT2D eigenvalue weighted by Crippen LogP contribution is 2.18. The molecule has 2 heterocycles. The Morgan fingerprint density at radius 1 is 1.44 bits per heavy atom. The smallest absolute Gasteiger partial charge is 0.387 e. The van der Waals surface area contributed by atoms with E-state index in [1.54, 1.807) is 0 Å². The highest BCUT2D eigenvalue weighted by Gasteiger charge is 2.27. The van der Waals surface area contributed by atoms with Gasteiger partial charge in [0.1, 0.15) is 11.6 Å². The van der Waals surface area contributed by atoms with E-state index in [0.717, 1.165) is 6.20 Å². The third kappa shape index (κ3) is 3.52. The van der Waals surface area contributed by atoms with E-state index in [0.29, 0.717) is 12.2 Å². The quantitative estimate of drug-likeness (QED) is 0.898. The minimum atomic E-state index is -2.95. The normalized spacial score (nSPS) is 22.1. The lowest BCUT2D eigenvalue weighted by molar-refractivity contribution is -0.0500. The molecule has 100 valence electrons. The monoisotopic (exact) mass is 278 g/mol. The molecule has 2 rings (SSSR count). The van der Waals surface area contributed by atoms with Crippen LogP contribution < -0.4 is 10.1 Å². The van der Waals surface area contributed by atoms with Crippen LogP contribution in [0, 0.1) is 0 Å². The maximum atomic E-state index is 11.9. The number of nitrogens with one attached hydrogen (secondary N) is 1. The first-order valence-corrected chi connectivity index (χ1v) is 7.14. The molecule has 1 aliphatic rings. The molecule has 18 heavy (non-hydrogen) atoms. The zero-order valence-corrected chi connectivity index (χ0v) is 10.2. The van der Waals surface area contributed by atoms with Gasteiger partial charge >= 0.3 is 6.61 Å². The summed E-state index contributed by atoms with van der Waals surface area (Å²) in [5.74, 6) is 0.648. The fraction of sp³-hybridized carbons (Fsp3) is 0.500. The van der Waals surface area contributed by atoms with Crippen LogP contribution in [0.2, 0.25) is 0 Å². The highest BCUT2D eigenvalue weighted by molar-refractivity contribution is 7.91.